The number of carbonyl (C=O) groups excluding carboxylic acids is 1. The van der Waals surface area contributed by atoms with Gasteiger partial charge in [0.25, 0.3) is 0 Å². The van der Waals surface area contributed by atoms with Gasteiger partial charge in [0, 0.05) is 29.8 Å². The number of anilines is 1. The topological polar surface area (TPSA) is 45.2 Å². The third kappa shape index (κ3) is 3.38. The largest absolute Gasteiger partial charge is 0.323 e. The second-order valence-electron chi connectivity index (χ2n) is 4.44. The van der Waals surface area contributed by atoms with Crippen LogP contribution in [0.5, 0.6) is 0 Å². The van der Waals surface area contributed by atoms with Gasteiger partial charge in [-0.25, -0.2) is 9.78 Å². The molecule has 4 nitrogen and oxygen atoms in total. The molecule has 1 aromatic heterocycles. The highest BCUT2D eigenvalue weighted by atomic mass is 32.2. The summed E-state index contributed by atoms with van der Waals surface area (Å²) in [6, 6.07) is 5.60. The van der Waals surface area contributed by atoms with Crippen molar-refractivity contribution < 1.29 is 4.79 Å². The standard InChI is InChI=1S/C13H19N3OS/c1-3-11-9-16(7-8-18-11)13(17)15-12-6-4-5-10(2)14-12/h4-6,11H,3,7-9H2,1-2H3,(H,14,15,17)/t11-/m1/s1. The Balaban J connectivity index is 1.95. The van der Waals surface area contributed by atoms with Crippen LogP contribution in [0.2, 0.25) is 0 Å². The third-order valence-corrected chi connectivity index (χ3v) is 4.38. The van der Waals surface area contributed by atoms with E-state index in [2.05, 4.69) is 17.2 Å². The summed E-state index contributed by atoms with van der Waals surface area (Å²) >= 11 is 1.96. The molecule has 2 heterocycles. The van der Waals surface area contributed by atoms with Crippen LogP contribution in [0.1, 0.15) is 19.0 Å². The van der Waals surface area contributed by atoms with E-state index < -0.39 is 0 Å². The van der Waals surface area contributed by atoms with E-state index in [0.717, 1.165) is 31.0 Å². The zero-order chi connectivity index (χ0) is 13.0. The van der Waals surface area contributed by atoms with Crippen molar-refractivity contribution in [2.24, 2.45) is 0 Å². The van der Waals surface area contributed by atoms with Crippen LogP contribution >= 0.6 is 11.8 Å². The summed E-state index contributed by atoms with van der Waals surface area (Å²) in [5, 5.41) is 3.43. The first-order valence-electron chi connectivity index (χ1n) is 6.30. The maximum absolute atomic E-state index is 12.1. The molecule has 0 radical (unpaired) electrons. The molecular formula is C13H19N3OS. The predicted molar refractivity (Wildman–Crippen MR) is 76.1 cm³/mol. The van der Waals surface area contributed by atoms with Crippen molar-refractivity contribution in [1.82, 2.24) is 9.88 Å². The van der Waals surface area contributed by atoms with Gasteiger partial charge in [-0.05, 0) is 25.5 Å². The van der Waals surface area contributed by atoms with E-state index in [1.54, 1.807) is 0 Å². The van der Waals surface area contributed by atoms with E-state index in [4.69, 9.17) is 0 Å². The molecule has 0 aromatic carbocycles. The number of carbonyl (C=O) groups is 1. The van der Waals surface area contributed by atoms with Crippen molar-refractivity contribution >= 4 is 23.6 Å². The molecule has 1 aliphatic heterocycles. The van der Waals surface area contributed by atoms with Crippen molar-refractivity contribution in [1.29, 1.82) is 0 Å². The van der Waals surface area contributed by atoms with Gasteiger partial charge in [-0.1, -0.05) is 13.0 Å². The molecule has 1 aliphatic rings. The highest BCUT2D eigenvalue weighted by Gasteiger charge is 2.23. The Bertz CT molecular complexity index is 424. The van der Waals surface area contributed by atoms with E-state index in [9.17, 15) is 4.79 Å². The Hall–Kier alpha value is -1.23. The number of rotatable bonds is 2. The Labute approximate surface area is 112 Å². The summed E-state index contributed by atoms with van der Waals surface area (Å²) in [5.74, 6) is 1.65. The predicted octanol–water partition coefficient (Wildman–Crippen LogP) is 2.75. The molecule has 2 rings (SSSR count). The zero-order valence-electron chi connectivity index (χ0n) is 10.8. The van der Waals surface area contributed by atoms with E-state index in [0.29, 0.717) is 11.1 Å². The molecule has 0 aliphatic carbocycles. The molecule has 0 saturated carbocycles. The highest BCUT2D eigenvalue weighted by molar-refractivity contribution is 8.00. The second kappa shape index (κ2) is 6.09. The number of pyridine rings is 1. The molecule has 1 aromatic rings. The lowest BCUT2D eigenvalue weighted by atomic mass is 10.3. The third-order valence-electron chi connectivity index (χ3n) is 3.00. The maximum Gasteiger partial charge on any atom is 0.323 e. The normalized spacial score (nSPS) is 19.7. The van der Waals surface area contributed by atoms with Crippen molar-refractivity contribution in [2.75, 3.05) is 24.2 Å². The quantitative estimate of drug-likeness (QED) is 0.894. The molecule has 1 N–H and O–H groups in total. The summed E-state index contributed by atoms with van der Waals surface area (Å²) < 4.78 is 0. The fraction of sp³-hybridized carbons (Fsp3) is 0.538. The molecule has 1 atom stereocenters. The van der Waals surface area contributed by atoms with Gasteiger partial charge in [0.05, 0.1) is 0 Å². The average Bonchev–Trinajstić information content (AvgIpc) is 2.39. The van der Waals surface area contributed by atoms with Gasteiger partial charge in [-0.2, -0.15) is 11.8 Å². The van der Waals surface area contributed by atoms with E-state index in [1.807, 2.05) is 41.8 Å². The fourth-order valence-corrected chi connectivity index (χ4v) is 3.13. The lowest BCUT2D eigenvalue weighted by Crippen LogP contribution is -2.44. The van der Waals surface area contributed by atoms with Crippen molar-refractivity contribution in [3.05, 3.63) is 23.9 Å². The fourth-order valence-electron chi connectivity index (χ4n) is 1.95. The Morgan fingerprint density at radius 1 is 1.61 bits per heavy atom. The zero-order valence-corrected chi connectivity index (χ0v) is 11.7. The number of aromatic nitrogens is 1. The van der Waals surface area contributed by atoms with Crippen LogP contribution in [-0.2, 0) is 0 Å². The van der Waals surface area contributed by atoms with Crippen LogP contribution in [0.3, 0.4) is 0 Å². The number of urea groups is 1. The number of thioether (sulfide) groups is 1. The molecule has 98 valence electrons. The summed E-state index contributed by atoms with van der Waals surface area (Å²) in [7, 11) is 0. The second-order valence-corrected chi connectivity index (χ2v) is 5.85. The van der Waals surface area contributed by atoms with Crippen LogP contribution in [0.15, 0.2) is 18.2 Å². The summed E-state index contributed by atoms with van der Waals surface area (Å²) in [6.07, 6.45) is 1.11. The Morgan fingerprint density at radius 2 is 2.44 bits per heavy atom. The molecule has 2 amide bonds. The first kappa shape index (κ1) is 13.2. The molecule has 0 bridgehead atoms. The minimum atomic E-state index is -0.0353. The molecule has 0 spiro atoms. The molecule has 0 unspecified atom stereocenters. The lowest BCUT2D eigenvalue weighted by molar-refractivity contribution is 0.213. The van der Waals surface area contributed by atoms with E-state index >= 15 is 0 Å². The SMILES string of the molecule is CC[C@@H]1CN(C(=O)Nc2cccc(C)n2)CCS1. The van der Waals surface area contributed by atoms with Gasteiger partial charge in [0.2, 0.25) is 0 Å². The molecule has 1 fully saturated rings. The number of amides is 2. The smallest absolute Gasteiger partial charge is 0.323 e. The minimum Gasteiger partial charge on any atom is -0.323 e. The Kier molecular flexibility index (Phi) is 4.47. The molecule has 5 heteroatoms. The summed E-state index contributed by atoms with van der Waals surface area (Å²) in [5.41, 5.74) is 0.911. The lowest BCUT2D eigenvalue weighted by Gasteiger charge is -2.31. The van der Waals surface area contributed by atoms with Gasteiger partial charge in [0.1, 0.15) is 5.82 Å². The Morgan fingerprint density at radius 3 is 3.17 bits per heavy atom. The first-order valence-corrected chi connectivity index (χ1v) is 7.35. The number of hydrogen-bond donors (Lipinski definition) is 1. The van der Waals surface area contributed by atoms with Crippen LogP contribution < -0.4 is 5.32 Å². The number of aryl methyl sites for hydroxylation is 1. The summed E-state index contributed by atoms with van der Waals surface area (Å²) in [6.45, 7) is 5.74. The van der Waals surface area contributed by atoms with Gasteiger partial charge in [-0.15, -0.1) is 0 Å². The van der Waals surface area contributed by atoms with Crippen molar-refractivity contribution in [3.8, 4) is 0 Å². The van der Waals surface area contributed by atoms with Gasteiger partial charge >= 0.3 is 6.03 Å². The van der Waals surface area contributed by atoms with Crippen LogP contribution in [0.25, 0.3) is 0 Å². The number of nitrogens with one attached hydrogen (secondary N) is 1. The summed E-state index contributed by atoms with van der Waals surface area (Å²) in [4.78, 5) is 18.3. The van der Waals surface area contributed by atoms with Crippen LogP contribution in [0.4, 0.5) is 10.6 Å². The monoisotopic (exact) mass is 265 g/mol. The molecular weight excluding hydrogens is 246 g/mol. The average molecular weight is 265 g/mol. The van der Waals surface area contributed by atoms with Crippen LogP contribution in [0, 0.1) is 6.92 Å². The number of hydrogen-bond acceptors (Lipinski definition) is 3. The van der Waals surface area contributed by atoms with Crippen LogP contribution in [-0.4, -0.2) is 40.0 Å². The van der Waals surface area contributed by atoms with Gasteiger partial charge < -0.3 is 4.90 Å². The maximum atomic E-state index is 12.1. The molecule has 18 heavy (non-hydrogen) atoms. The van der Waals surface area contributed by atoms with Gasteiger partial charge in [0.15, 0.2) is 0 Å². The van der Waals surface area contributed by atoms with Gasteiger partial charge in [-0.3, -0.25) is 5.32 Å². The van der Waals surface area contributed by atoms with Crippen molar-refractivity contribution in [2.45, 2.75) is 25.5 Å². The number of nitrogens with zero attached hydrogens (tertiary/aromatic N) is 2. The molecule has 1 saturated heterocycles. The van der Waals surface area contributed by atoms with Crippen molar-refractivity contribution in [3.63, 3.8) is 0 Å². The first-order chi connectivity index (χ1) is 8.69. The minimum absolute atomic E-state index is 0.0353. The van der Waals surface area contributed by atoms with E-state index in [-0.39, 0.29) is 6.03 Å². The van der Waals surface area contributed by atoms with E-state index in [1.165, 1.54) is 0 Å². The highest BCUT2D eigenvalue weighted by Crippen LogP contribution is 2.21.